The Kier molecular flexibility index (Phi) is 5.90. The van der Waals surface area contributed by atoms with Gasteiger partial charge in [0.15, 0.2) is 0 Å². The van der Waals surface area contributed by atoms with Crippen LogP contribution in [0.4, 0.5) is 4.39 Å². The summed E-state index contributed by atoms with van der Waals surface area (Å²) in [5.41, 5.74) is 0.368. The van der Waals surface area contributed by atoms with Crippen LogP contribution in [0.15, 0.2) is 23.1 Å². The Morgan fingerprint density at radius 1 is 1.32 bits per heavy atom. The highest BCUT2D eigenvalue weighted by Gasteiger charge is 2.21. The van der Waals surface area contributed by atoms with Crippen molar-refractivity contribution in [1.82, 2.24) is 9.62 Å². The lowest BCUT2D eigenvalue weighted by Gasteiger charge is -2.17. The third kappa shape index (κ3) is 3.99. The van der Waals surface area contributed by atoms with Gasteiger partial charge in [-0.2, -0.15) is 0 Å². The van der Waals surface area contributed by atoms with Gasteiger partial charge in [0, 0.05) is 25.7 Å². The lowest BCUT2D eigenvalue weighted by atomic mass is 10.2. The normalized spacial score (nSPS) is 12.1. The van der Waals surface area contributed by atoms with Gasteiger partial charge in [0.25, 0.3) is 0 Å². The molecule has 0 heterocycles. The van der Waals surface area contributed by atoms with E-state index in [1.54, 1.807) is 0 Å². The fourth-order valence-corrected chi connectivity index (χ4v) is 3.04. The molecule has 0 fully saturated rings. The maximum atomic E-state index is 13.6. The van der Waals surface area contributed by atoms with Crippen LogP contribution in [0.5, 0.6) is 0 Å². The van der Waals surface area contributed by atoms with Crippen molar-refractivity contribution in [2.75, 3.05) is 20.1 Å². The van der Waals surface area contributed by atoms with Crippen LogP contribution in [0.2, 0.25) is 0 Å². The van der Waals surface area contributed by atoms with Crippen molar-refractivity contribution in [2.45, 2.75) is 31.7 Å². The maximum Gasteiger partial charge on any atom is 0.242 e. The minimum absolute atomic E-state index is 0.137. The highest BCUT2D eigenvalue weighted by molar-refractivity contribution is 7.89. The van der Waals surface area contributed by atoms with E-state index in [1.165, 1.54) is 29.6 Å². The molecule has 1 N–H and O–H groups in total. The van der Waals surface area contributed by atoms with E-state index < -0.39 is 15.8 Å². The van der Waals surface area contributed by atoms with E-state index in [2.05, 4.69) is 5.32 Å². The summed E-state index contributed by atoms with van der Waals surface area (Å²) in [7, 11) is -1.99. The number of nitrogens with one attached hydrogen (secondary N) is 1. The molecule has 19 heavy (non-hydrogen) atoms. The SMILES string of the molecule is CCCN(C)S(=O)(=O)c1ccc(F)c(CNCC)c1. The molecule has 1 aromatic carbocycles. The van der Waals surface area contributed by atoms with Crippen molar-refractivity contribution in [1.29, 1.82) is 0 Å². The molecule has 0 bridgehead atoms. The standard InChI is InChI=1S/C13H21FN2O2S/c1-4-8-16(3)19(17,18)12-6-7-13(14)11(9-12)10-15-5-2/h6-7,9,15H,4-5,8,10H2,1-3H3. The third-order valence-electron chi connectivity index (χ3n) is 2.83. The van der Waals surface area contributed by atoms with Gasteiger partial charge >= 0.3 is 0 Å². The summed E-state index contributed by atoms with van der Waals surface area (Å²) in [6.07, 6.45) is 0.737. The van der Waals surface area contributed by atoms with E-state index in [-0.39, 0.29) is 4.90 Å². The summed E-state index contributed by atoms with van der Waals surface area (Å²) in [5, 5.41) is 2.99. The quantitative estimate of drug-likeness (QED) is 0.834. The van der Waals surface area contributed by atoms with E-state index in [0.717, 1.165) is 6.42 Å². The number of benzene rings is 1. The second-order valence-corrected chi connectivity index (χ2v) is 6.41. The summed E-state index contributed by atoms with van der Waals surface area (Å²) in [4.78, 5) is 0.137. The molecule has 0 saturated carbocycles. The molecule has 0 amide bonds. The van der Waals surface area contributed by atoms with E-state index >= 15 is 0 Å². The molecule has 0 aliphatic carbocycles. The Balaban J connectivity index is 3.07. The molecule has 0 spiro atoms. The van der Waals surface area contributed by atoms with Crippen LogP contribution >= 0.6 is 0 Å². The summed E-state index contributed by atoms with van der Waals surface area (Å²) in [5.74, 6) is -0.391. The van der Waals surface area contributed by atoms with Crippen molar-refractivity contribution >= 4 is 10.0 Å². The summed E-state index contributed by atoms with van der Waals surface area (Å²) in [6, 6.07) is 3.92. The Bertz CT molecular complexity index is 517. The smallest absolute Gasteiger partial charge is 0.242 e. The van der Waals surface area contributed by atoms with E-state index in [4.69, 9.17) is 0 Å². The number of nitrogens with zero attached hydrogens (tertiary/aromatic N) is 1. The van der Waals surface area contributed by atoms with Crippen LogP contribution in [-0.2, 0) is 16.6 Å². The van der Waals surface area contributed by atoms with Gasteiger partial charge in [0.05, 0.1) is 4.90 Å². The van der Waals surface area contributed by atoms with Crippen LogP contribution in [0, 0.1) is 5.82 Å². The zero-order valence-corrected chi connectivity index (χ0v) is 12.4. The highest BCUT2D eigenvalue weighted by atomic mass is 32.2. The van der Waals surface area contributed by atoms with Gasteiger partial charge in [-0.15, -0.1) is 0 Å². The number of halogens is 1. The fraction of sp³-hybridized carbons (Fsp3) is 0.538. The lowest BCUT2D eigenvalue weighted by Crippen LogP contribution is -2.28. The molecular formula is C13H21FN2O2S. The van der Waals surface area contributed by atoms with Gasteiger partial charge in [-0.05, 0) is 31.2 Å². The van der Waals surface area contributed by atoms with Crippen molar-refractivity contribution < 1.29 is 12.8 Å². The average Bonchev–Trinajstić information content (AvgIpc) is 2.37. The Morgan fingerprint density at radius 3 is 2.58 bits per heavy atom. The van der Waals surface area contributed by atoms with Gasteiger partial charge in [-0.1, -0.05) is 13.8 Å². The van der Waals surface area contributed by atoms with Crippen LogP contribution in [-0.4, -0.2) is 32.9 Å². The number of sulfonamides is 1. The van der Waals surface area contributed by atoms with Gasteiger partial charge < -0.3 is 5.32 Å². The zero-order valence-electron chi connectivity index (χ0n) is 11.6. The topological polar surface area (TPSA) is 49.4 Å². The first kappa shape index (κ1) is 16.1. The molecular weight excluding hydrogens is 267 g/mol. The molecule has 0 aliphatic heterocycles. The molecule has 0 saturated heterocycles. The van der Waals surface area contributed by atoms with Crippen molar-refractivity contribution in [3.05, 3.63) is 29.6 Å². The molecule has 0 atom stereocenters. The average molecular weight is 288 g/mol. The Hall–Kier alpha value is -0.980. The number of hydrogen-bond acceptors (Lipinski definition) is 3. The lowest BCUT2D eigenvalue weighted by molar-refractivity contribution is 0.468. The zero-order chi connectivity index (χ0) is 14.5. The largest absolute Gasteiger partial charge is 0.313 e. The van der Waals surface area contributed by atoms with Crippen molar-refractivity contribution in [3.8, 4) is 0 Å². The third-order valence-corrected chi connectivity index (χ3v) is 4.68. The molecule has 0 aromatic heterocycles. The Morgan fingerprint density at radius 2 is 2.00 bits per heavy atom. The summed E-state index contributed by atoms with van der Waals surface area (Å²) >= 11 is 0. The van der Waals surface area contributed by atoms with Crippen LogP contribution in [0.25, 0.3) is 0 Å². The summed E-state index contributed by atoms with van der Waals surface area (Å²) < 4.78 is 39.4. The molecule has 0 aliphatic rings. The van der Waals surface area contributed by atoms with Gasteiger partial charge in [-0.3, -0.25) is 0 Å². The van der Waals surface area contributed by atoms with Crippen molar-refractivity contribution in [2.24, 2.45) is 0 Å². The fourth-order valence-electron chi connectivity index (χ4n) is 1.72. The number of hydrogen-bond donors (Lipinski definition) is 1. The van der Waals surface area contributed by atoms with Crippen molar-refractivity contribution in [3.63, 3.8) is 0 Å². The first-order valence-electron chi connectivity index (χ1n) is 6.39. The molecule has 1 rings (SSSR count). The predicted molar refractivity (Wildman–Crippen MR) is 73.9 cm³/mol. The minimum atomic E-state index is -3.53. The van der Waals surface area contributed by atoms with E-state index in [1.807, 2.05) is 13.8 Å². The van der Waals surface area contributed by atoms with E-state index in [9.17, 15) is 12.8 Å². The highest BCUT2D eigenvalue weighted by Crippen LogP contribution is 2.18. The Labute approximate surface area is 114 Å². The monoisotopic (exact) mass is 288 g/mol. The first-order valence-corrected chi connectivity index (χ1v) is 7.83. The maximum absolute atomic E-state index is 13.6. The van der Waals surface area contributed by atoms with E-state index in [0.29, 0.717) is 25.2 Å². The molecule has 108 valence electrons. The van der Waals surface area contributed by atoms with Crippen LogP contribution in [0.3, 0.4) is 0 Å². The van der Waals surface area contributed by atoms with Gasteiger partial charge in [-0.25, -0.2) is 17.1 Å². The second kappa shape index (κ2) is 6.98. The molecule has 1 aromatic rings. The molecule has 4 nitrogen and oxygen atoms in total. The molecule has 0 unspecified atom stereocenters. The molecule has 0 radical (unpaired) electrons. The van der Waals surface area contributed by atoms with Gasteiger partial charge in [0.1, 0.15) is 5.82 Å². The van der Waals surface area contributed by atoms with Crippen LogP contribution in [0.1, 0.15) is 25.8 Å². The predicted octanol–water partition coefficient (Wildman–Crippen LogP) is 1.97. The second-order valence-electron chi connectivity index (χ2n) is 4.36. The minimum Gasteiger partial charge on any atom is -0.313 e. The number of rotatable bonds is 7. The first-order chi connectivity index (χ1) is 8.93. The molecule has 6 heteroatoms. The van der Waals surface area contributed by atoms with Gasteiger partial charge in [0.2, 0.25) is 10.0 Å². The summed E-state index contributed by atoms with van der Waals surface area (Å²) in [6.45, 7) is 5.29. The van der Waals surface area contributed by atoms with Crippen LogP contribution < -0.4 is 5.32 Å².